The number of nitrogens with zero attached hydrogens (tertiary/aromatic N) is 4. The van der Waals surface area contributed by atoms with Crippen LogP contribution in [0.5, 0.6) is 0 Å². The van der Waals surface area contributed by atoms with Gasteiger partial charge >= 0.3 is 0 Å². The number of piperidine rings is 1. The zero-order chi connectivity index (χ0) is 16.1. The van der Waals surface area contributed by atoms with Crippen molar-refractivity contribution >= 4 is 24.0 Å². The lowest BCUT2D eigenvalue weighted by atomic mass is 9.96. The van der Waals surface area contributed by atoms with Crippen LogP contribution in [-0.2, 0) is 6.54 Å². The van der Waals surface area contributed by atoms with Gasteiger partial charge in [-0.05, 0) is 62.6 Å². The molecule has 1 aromatic heterocycles. The van der Waals surface area contributed by atoms with E-state index in [0.29, 0.717) is 0 Å². The molecule has 0 radical (unpaired) electrons. The molecule has 1 saturated heterocycles. The molecule has 0 bridgehead atoms. The molecule has 0 atom stereocenters. The van der Waals surface area contributed by atoms with Crippen molar-refractivity contribution in [2.24, 2.45) is 5.92 Å². The number of hydrogen-bond acceptors (Lipinski definition) is 4. The van der Waals surface area contributed by atoms with Gasteiger partial charge in [0.2, 0.25) is 0 Å². The molecule has 132 valence electrons. The topological polar surface area (TPSA) is 46.0 Å². The summed E-state index contributed by atoms with van der Waals surface area (Å²) in [6.07, 6.45) is 5.80. The van der Waals surface area contributed by atoms with Crippen LogP contribution in [0.2, 0.25) is 5.02 Å². The minimum absolute atomic E-state index is 0. The van der Waals surface area contributed by atoms with Gasteiger partial charge in [-0.15, -0.1) is 12.4 Å². The van der Waals surface area contributed by atoms with Gasteiger partial charge in [0.05, 0.1) is 5.69 Å². The Balaban J connectivity index is 0.00000208. The third-order valence-electron chi connectivity index (χ3n) is 4.50. The number of rotatable bonds is 6. The summed E-state index contributed by atoms with van der Waals surface area (Å²) in [5.74, 6) is 0.811. The zero-order valence-corrected chi connectivity index (χ0v) is 15.6. The molecule has 0 saturated carbocycles. The molecular weight excluding hydrogens is 345 g/mol. The van der Waals surface area contributed by atoms with Gasteiger partial charge in [-0.1, -0.05) is 24.6 Å². The van der Waals surface area contributed by atoms with Crippen molar-refractivity contribution in [3.63, 3.8) is 0 Å². The average molecular weight is 370 g/mol. The van der Waals surface area contributed by atoms with Crippen molar-refractivity contribution in [2.75, 3.05) is 26.2 Å². The van der Waals surface area contributed by atoms with Gasteiger partial charge in [0.15, 0.2) is 0 Å². The molecule has 1 fully saturated rings. The number of benzene rings is 1. The maximum atomic E-state index is 6.16. The fourth-order valence-electron chi connectivity index (χ4n) is 3.15. The zero-order valence-electron chi connectivity index (χ0n) is 14.0. The Labute approximate surface area is 154 Å². The highest BCUT2D eigenvalue weighted by atomic mass is 35.5. The summed E-state index contributed by atoms with van der Waals surface area (Å²) >= 11 is 6.16. The molecule has 1 aromatic carbocycles. The van der Waals surface area contributed by atoms with Crippen molar-refractivity contribution in [1.29, 1.82) is 0 Å². The molecule has 2 heterocycles. The molecule has 3 rings (SSSR count). The number of likely N-dealkylation sites (tertiary alicyclic amines) is 1. The van der Waals surface area contributed by atoms with Crippen LogP contribution in [0.15, 0.2) is 30.9 Å². The van der Waals surface area contributed by atoms with Crippen molar-refractivity contribution in [3.05, 3.63) is 41.4 Å². The Morgan fingerprint density at radius 1 is 1.29 bits per heavy atom. The SMILES string of the molecule is CCNCC1CCN(Cc2ccc(Cl)cc2-n2cncn2)CC1.Cl. The maximum Gasteiger partial charge on any atom is 0.138 e. The van der Waals surface area contributed by atoms with Crippen LogP contribution >= 0.6 is 24.0 Å². The summed E-state index contributed by atoms with van der Waals surface area (Å²) in [7, 11) is 0. The second-order valence-electron chi connectivity index (χ2n) is 6.14. The van der Waals surface area contributed by atoms with E-state index in [1.165, 1.54) is 18.4 Å². The Morgan fingerprint density at radius 2 is 2.08 bits per heavy atom. The third kappa shape index (κ3) is 4.93. The van der Waals surface area contributed by atoms with E-state index in [0.717, 1.165) is 49.4 Å². The van der Waals surface area contributed by atoms with Gasteiger partial charge in [0.25, 0.3) is 0 Å². The van der Waals surface area contributed by atoms with E-state index < -0.39 is 0 Å². The van der Waals surface area contributed by atoms with Gasteiger partial charge in [-0.2, -0.15) is 5.10 Å². The highest BCUT2D eigenvalue weighted by Crippen LogP contribution is 2.23. The molecule has 2 aromatic rings. The Hall–Kier alpha value is -1.14. The normalized spacial score (nSPS) is 16.1. The van der Waals surface area contributed by atoms with Crippen LogP contribution in [0.1, 0.15) is 25.3 Å². The fourth-order valence-corrected chi connectivity index (χ4v) is 3.32. The van der Waals surface area contributed by atoms with E-state index in [-0.39, 0.29) is 12.4 Å². The van der Waals surface area contributed by atoms with Gasteiger partial charge in [0.1, 0.15) is 12.7 Å². The first kappa shape index (κ1) is 19.2. The second-order valence-corrected chi connectivity index (χ2v) is 6.58. The lowest BCUT2D eigenvalue weighted by Gasteiger charge is -2.32. The van der Waals surface area contributed by atoms with Gasteiger partial charge in [0, 0.05) is 11.6 Å². The van der Waals surface area contributed by atoms with Gasteiger partial charge < -0.3 is 5.32 Å². The number of aromatic nitrogens is 3. The van der Waals surface area contributed by atoms with E-state index in [2.05, 4.69) is 33.3 Å². The largest absolute Gasteiger partial charge is 0.317 e. The van der Waals surface area contributed by atoms with Crippen LogP contribution < -0.4 is 5.32 Å². The summed E-state index contributed by atoms with van der Waals surface area (Å²) in [4.78, 5) is 6.56. The van der Waals surface area contributed by atoms with Crippen molar-refractivity contribution < 1.29 is 0 Å². The molecular formula is C17H25Cl2N5. The van der Waals surface area contributed by atoms with E-state index in [1.54, 1.807) is 17.3 Å². The highest BCUT2D eigenvalue weighted by Gasteiger charge is 2.20. The molecule has 1 aliphatic rings. The first-order valence-corrected chi connectivity index (χ1v) is 8.70. The molecule has 24 heavy (non-hydrogen) atoms. The van der Waals surface area contributed by atoms with Crippen LogP contribution in [-0.4, -0.2) is 45.8 Å². The number of halogens is 2. The summed E-state index contributed by atoms with van der Waals surface area (Å²) in [6.45, 7) is 7.61. The lowest BCUT2D eigenvalue weighted by molar-refractivity contribution is 0.176. The predicted molar refractivity (Wildman–Crippen MR) is 100 cm³/mol. The quantitative estimate of drug-likeness (QED) is 0.849. The summed E-state index contributed by atoms with van der Waals surface area (Å²) in [5.41, 5.74) is 2.26. The molecule has 0 amide bonds. The van der Waals surface area contributed by atoms with Crippen molar-refractivity contribution in [3.8, 4) is 5.69 Å². The monoisotopic (exact) mass is 369 g/mol. The minimum Gasteiger partial charge on any atom is -0.317 e. The summed E-state index contributed by atoms with van der Waals surface area (Å²) in [6, 6.07) is 6.02. The summed E-state index contributed by atoms with van der Waals surface area (Å²) in [5, 5.41) is 8.44. The van der Waals surface area contributed by atoms with E-state index in [1.807, 2.05) is 12.1 Å². The van der Waals surface area contributed by atoms with Crippen LogP contribution in [0, 0.1) is 5.92 Å². The Kier molecular flexibility index (Phi) is 7.49. The predicted octanol–water partition coefficient (Wildman–Crippen LogP) is 3.16. The molecule has 0 spiro atoms. The third-order valence-corrected chi connectivity index (χ3v) is 4.73. The van der Waals surface area contributed by atoms with Crippen LogP contribution in [0.4, 0.5) is 0 Å². The summed E-state index contributed by atoms with van der Waals surface area (Å²) < 4.78 is 1.79. The van der Waals surface area contributed by atoms with E-state index in [4.69, 9.17) is 11.6 Å². The molecule has 7 heteroatoms. The van der Waals surface area contributed by atoms with Crippen LogP contribution in [0.3, 0.4) is 0 Å². The first-order valence-electron chi connectivity index (χ1n) is 8.32. The second kappa shape index (κ2) is 9.37. The molecule has 5 nitrogen and oxygen atoms in total. The Morgan fingerprint density at radius 3 is 2.75 bits per heavy atom. The average Bonchev–Trinajstić information content (AvgIpc) is 3.10. The van der Waals surface area contributed by atoms with E-state index in [9.17, 15) is 0 Å². The highest BCUT2D eigenvalue weighted by molar-refractivity contribution is 6.30. The smallest absolute Gasteiger partial charge is 0.138 e. The minimum atomic E-state index is 0. The Bertz CT molecular complexity index is 609. The van der Waals surface area contributed by atoms with Crippen molar-refractivity contribution in [1.82, 2.24) is 25.0 Å². The molecule has 1 aliphatic heterocycles. The fraction of sp³-hybridized carbons (Fsp3) is 0.529. The molecule has 1 N–H and O–H groups in total. The number of hydrogen-bond donors (Lipinski definition) is 1. The van der Waals surface area contributed by atoms with E-state index >= 15 is 0 Å². The van der Waals surface area contributed by atoms with Gasteiger partial charge in [-0.25, -0.2) is 9.67 Å². The molecule has 0 aliphatic carbocycles. The number of nitrogens with one attached hydrogen (secondary N) is 1. The first-order chi connectivity index (χ1) is 11.3. The molecule has 0 unspecified atom stereocenters. The standard InChI is InChI=1S/C17H24ClN5.ClH/c1-2-19-10-14-5-7-22(8-6-14)11-15-3-4-16(18)9-17(15)23-13-20-12-21-23;/h3-4,9,12-14,19H,2,5-8,10-11H2,1H3;1H. The van der Waals surface area contributed by atoms with Crippen LogP contribution in [0.25, 0.3) is 5.69 Å². The van der Waals surface area contributed by atoms with Gasteiger partial charge in [-0.3, -0.25) is 4.90 Å². The maximum absolute atomic E-state index is 6.16. The van der Waals surface area contributed by atoms with Crippen molar-refractivity contribution in [2.45, 2.75) is 26.3 Å². The lowest BCUT2D eigenvalue weighted by Crippen LogP contribution is -2.37.